The first kappa shape index (κ1) is 12.9. The van der Waals surface area contributed by atoms with Gasteiger partial charge >= 0.3 is 0 Å². The molecular formula is C12H18N4O2. The summed E-state index contributed by atoms with van der Waals surface area (Å²) in [5.74, 6) is 0.275. The van der Waals surface area contributed by atoms with E-state index in [1.54, 1.807) is 0 Å². The summed E-state index contributed by atoms with van der Waals surface area (Å²) < 4.78 is 5.30. The quantitative estimate of drug-likeness (QED) is 0.812. The third kappa shape index (κ3) is 3.75. The predicted molar refractivity (Wildman–Crippen MR) is 67.4 cm³/mol. The lowest BCUT2D eigenvalue weighted by Crippen LogP contribution is -2.43. The second-order valence-electron chi connectivity index (χ2n) is 4.45. The summed E-state index contributed by atoms with van der Waals surface area (Å²) in [4.78, 5) is 20.2. The summed E-state index contributed by atoms with van der Waals surface area (Å²) >= 11 is 0. The Morgan fingerprint density at radius 1 is 1.50 bits per heavy atom. The number of hydrogen-bond donors (Lipinski definition) is 2. The fourth-order valence-corrected chi connectivity index (χ4v) is 1.93. The molecule has 2 N–H and O–H groups in total. The van der Waals surface area contributed by atoms with Crippen molar-refractivity contribution in [1.29, 1.82) is 0 Å². The van der Waals surface area contributed by atoms with Crippen molar-refractivity contribution >= 4 is 11.9 Å². The van der Waals surface area contributed by atoms with Gasteiger partial charge in [-0.1, -0.05) is 0 Å². The van der Waals surface area contributed by atoms with Crippen LogP contribution in [-0.2, 0) is 9.53 Å². The largest absolute Gasteiger partial charge is 0.378 e. The fourth-order valence-electron chi connectivity index (χ4n) is 1.93. The van der Waals surface area contributed by atoms with E-state index >= 15 is 0 Å². The molecule has 1 aliphatic heterocycles. The van der Waals surface area contributed by atoms with Crippen LogP contribution >= 0.6 is 0 Å². The minimum atomic E-state index is -0.0944. The maximum atomic E-state index is 11.8. The highest BCUT2D eigenvalue weighted by Crippen LogP contribution is 2.05. The first-order valence-electron chi connectivity index (χ1n) is 6.07. The molecule has 1 unspecified atom stereocenters. The van der Waals surface area contributed by atoms with E-state index in [0.717, 1.165) is 17.9 Å². The Balaban J connectivity index is 1.89. The van der Waals surface area contributed by atoms with Gasteiger partial charge in [0.15, 0.2) is 0 Å². The Kier molecular flexibility index (Phi) is 4.22. The average molecular weight is 250 g/mol. The molecule has 6 nitrogen and oxygen atoms in total. The highest BCUT2D eigenvalue weighted by molar-refractivity contribution is 5.89. The van der Waals surface area contributed by atoms with Gasteiger partial charge in [0.1, 0.15) is 0 Å². The van der Waals surface area contributed by atoms with Gasteiger partial charge < -0.3 is 10.1 Å². The second-order valence-corrected chi connectivity index (χ2v) is 4.45. The van der Waals surface area contributed by atoms with E-state index in [1.165, 1.54) is 0 Å². The maximum Gasteiger partial charge on any atom is 0.229 e. The van der Waals surface area contributed by atoms with Crippen molar-refractivity contribution in [3.05, 3.63) is 17.5 Å². The average Bonchev–Trinajstić information content (AvgIpc) is 2.28. The van der Waals surface area contributed by atoms with Crippen LogP contribution in [0.1, 0.15) is 17.8 Å². The van der Waals surface area contributed by atoms with E-state index < -0.39 is 0 Å². The third-order valence-corrected chi connectivity index (χ3v) is 2.66. The minimum Gasteiger partial charge on any atom is -0.378 e. The number of nitrogens with zero attached hydrogens (tertiary/aromatic N) is 2. The monoisotopic (exact) mass is 250 g/mol. The molecule has 6 heteroatoms. The molecule has 2 heterocycles. The maximum absolute atomic E-state index is 11.8. The topological polar surface area (TPSA) is 76.1 Å². The van der Waals surface area contributed by atoms with E-state index in [1.807, 2.05) is 19.9 Å². The molecule has 1 aromatic rings. The van der Waals surface area contributed by atoms with E-state index in [-0.39, 0.29) is 11.9 Å². The molecule has 1 amide bonds. The zero-order chi connectivity index (χ0) is 13.0. The van der Waals surface area contributed by atoms with Crippen LogP contribution in [0.5, 0.6) is 0 Å². The number of morpholine rings is 1. The van der Waals surface area contributed by atoms with Gasteiger partial charge in [0.05, 0.1) is 13.2 Å². The van der Waals surface area contributed by atoms with Gasteiger partial charge in [-0.15, -0.1) is 0 Å². The number of aromatic nitrogens is 2. The number of ether oxygens (including phenoxy) is 1. The molecule has 0 aromatic carbocycles. The summed E-state index contributed by atoms with van der Waals surface area (Å²) in [7, 11) is 0. The number of aryl methyl sites for hydroxylation is 2. The summed E-state index contributed by atoms with van der Waals surface area (Å²) in [5.41, 5.74) is 1.69. The van der Waals surface area contributed by atoms with Crippen LogP contribution in [0, 0.1) is 13.8 Å². The van der Waals surface area contributed by atoms with Gasteiger partial charge in [-0.2, -0.15) is 0 Å². The number of anilines is 1. The second kappa shape index (κ2) is 5.88. The molecule has 2 rings (SSSR count). The van der Waals surface area contributed by atoms with Crippen LogP contribution < -0.4 is 10.6 Å². The summed E-state index contributed by atoms with van der Waals surface area (Å²) in [5, 5.41) is 5.95. The van der Waals surface area contributed by atoms with Crippen molar-refractivity contribution in [1.82, 2.24) is 15.3 Å². The first-order valence-corrected chi connectivity index (χ1v) is 6.07. The number of hydrogen-bond acceptors (Lipinski definition) is 5. The normalized spacial score (nSPS) is 19.6. The van der Waals surface area contributed by atoms with Crippen LogP contribution in [0.2, 0.25) is 0 Å². The molecule has 1 atom stereocenters. The molecule has 1 fully saturated rings. The third-order valence-electron chi connectivity index (χ3n) is 2.66. The zero-order valence-corrected chi connectivity index (χ0v) is 10.7. The highest BCUT2D eigenvalue weighted by atomic mass is 16.5. The Hall–Kier alpha value is -1.53. The minimum absolute atomic E-state index is 0.0738. The Bertz CT molecular complexity index is 410. The fraction of sp³-hybridized carbons (Fsp3) is 0.583. The SMILES string of the molecule is Cc1cc(C)nc(NC(=O)CC2COCCN2)n1. The standard InChI is InChI=1S/C12H18N4O2/c1-8-5-9(2)15-12(14-8)16-11(17)6-10-7-18-4-3-13-10/h5,10,13H,3-4,6-7H2,1-2H3,(H,14,15,16,17). The zero-order valence-electron chi connectivity index (χ0n) is 10.7. The molecule has 0 spiro atoms. The van der Waals surface area contributed by atoms with Crippen LogP contribution in [-0.4, -0.2) is 41.7 Å². The van der Waals surface area contributed by atoms with Gasteiger partial charge in [0.2, 0.25) is 11.9 Å². The van der Waals surface area contributed by atoms with Crippen LogP contribution in [0.4, 0.5) is 5.95 Å². The lowest BCUT2D eigenvalue weighted by atomic mass is 10.2. The summed E-state index contributed by atoms with van der Waals surface area (Å²) in [6, 6.07) is 1.94. The van der Waals surface area contributed by atoms with E-state index in [0.29, 0.717) is 25.6 Å². The van der Waals surface area contributed by atoms with Crippen LogP contribution in [0.25, 0.3) is 0 Å². The lowest BCUT2D eigenvalue weighted by molar-refractivity contribution is -0.117. The van der Waals surface area contributed by atoms with Crippen LogP contribution in [0.15, 0.2) is 6.07 Å². The van der Waals surface area contributed by atoms with Gasteiger partial charge in [-0.3, -0.25) is 10.1 Å². The molecule has 1 aliphatic rings. The van der Waals surface area contributed by atoms with Crippen LogP contribution in [0.3, 0.4) is 0 Å². The van der Waals surface area contributed by atoms with Crippen molar-refractivity contribution in [3.63, 3.8) is 0 Å². The molecule has 0 bridgehead atoms. The van der Waals surface area contributed by atoms with Crippen molar-refractivity contribution < 1.29 is 9.53 Å². The molecule has 0 radical (unpaired) electrons. The first-order chi connectivity index (χ1) is 8.63. The van der Waals surface area contributed by atoms with E-state index in [2.05, 4.69) is 20.6 Å². The number of nitrogens with one attached hydrogen (secondary N) is 2. The van der Waals surface area contributed by atoms with Crippen molar-refractivity contribution in [2.24, 2.45) is 0 Å². The summed E-state index contributed by atoms with van der Waals surface area (Å²) in [6.45, 7) is 5.82. The van der Waals surface area contributed by atoms with Crippen molar-refractivity contribution in [2.75, 3.05) is 25.1 Å². The lowest BCUT2D eigenvalue weighted by Gasteiger charge is -2.23. The van der Waals surface area contributed by atoms with Gasteiger partial charge in [0.25, 0.3) is 0 Å². The highest BCUT2D eigenvalue weighted by Gasteiger charge is 2.17. The molecule has 0 saturated carbocycles. The smallest absolute Gasteiger partial charge is 0.229 e. The predicted octanol–water partition coefficient (Wildman–Crippen LogP) is 0.410. The van der Waals surface area contributed by atoms with E-state index in [4.69, 9.17) is 4.74 Å². The van der Waals surface area contributed by atoms with Gasteiger partial charge in [-0.25, -0.2) is 9.97 Å². The van der Waals surface area contributed by atoms with Gasteiger partial charge in [0, 0.05) is 30.4 Å². The summed E-state index contributed by atoms with van der Waals surface area (Å²) in [6.07, 6.45) is 0.371. The number of rotatable bonds is 3. The Morgan fingerprint density at radius 2 is 2.22 bits per heavy atom. The van der Waals surface area contributed by atoms with Gasteiger partial charge in [-0.05, 0) is 19.9 Å². The Labute approximate surface area is 106 Å². The number of amides is 1. The number of carbonyl (C=O) groups excluding carboxylic acids is 1. The Morgan fingerprint density at radius 3 is 2.83 bits per heavy atom. The molecular weight excluding hydrogens is 232 g/mol. The van der Waals surface area contributed by atoms with E-state index in [9.17, 15) is 4.79 Å². The molecule has 0 aliphatic carbocycles. The molecule has 98 valence electrons. The molecule has 1 saturated heterocycles. The van der Waals surface area contributed by atoms with Crippen molar-refractivity contribution in [3.8, 4) is 0 Å². The number of carbonyl (C=O) groups is 1. The molecule has 1 aromatic heterocycles. The van der Waals surface area contributed by atoms with Crippen molar-refractivity contribution in [2.45, 2.75) is 26.3 Å². The molecule has 18 heavy (non-hydrogen) atoms.